The monoisotopic (exact) mass is 341 g/mol. The van der Waals surface area contributed by atoms with E-state index >= 15 is 0 Å². The molecular formula is C18H19N3O4. The summed E-state index contributed by atoms with van der Waals surface area (Å²) in [5.41, 5.74) is 2.63. The molecule has 0 bridgehead atoms. The van der Waals surface area contributed by atoms with Crippen molar-refractivity contribution >= 4 is 23.3 Å². The van der Waals surface area contributed by atoms with E-state index in [0.717, 1.165) is 23.4 Å². The summed E-state index contributed by atoms with van der Waals surface area (Å²) in [6.45, 7) is 1.08. The lowest BCUT2D eigenvalue weighted by atomic mass is 10.0. The van der Waals surface area contributed by atoms with Crippen molar-refractivity contribution in [1.82, 2.24) is 4.98 Å². The number of amides is 1. The van der Waals surface area contributed by atoms with Crippen molar-refractivity contribution in [2.75, 3.05) is 23.8 Å². The highest BCUT2D eigenvalue weighted by atomic mass is 16.5. The Morgan fingerprint density at radius 1 is 1.32 bits per heavy atom. The number of rotatable bonds is 7. The molecule has 1 aromatic heterocycles. The Bertz CT molecular complexity index is 792. The molecular weight excluding hydrogens is 322 g/mol. The van der Waals surface area contributed by atoms with Crippen molar-refractivity contribution in [3.8, 4) is 5.75 Å². The predicted octanol–water partition coefficient (Wildman–Crippen LogP) is 2.55. The molecule has 1 aromatic carbocycles. The second-order valence-corrected chi connectivity index (χ2v) is 5.72. The van der Waals surface area contributed by atoms with Gasteiger partial charge in [0.1, 0.15) is 5.75 Å². The first kappa shape index (κ1) is 16.8. The first-order valence-corrected chi connectivity index (χ1v) is 8.10. The van der Waals surface area contributed by atoms with Crippen LogP contribution in [0.2, 0.25) is 0 Å². The van der Waals surface area contributed by atoms with Crippen molar-refractivity contribution in [2.45, 2.75) is 19.3 Å². The molecule has 0 saturated carbocycles. The minimum Gasteiger partial charge on any atom is -0.494 e. The second kappa shape index (κ2) is 7.65. The maximum atomic E-state index is 11.3. The lowest BCUT2D eigenvalue weighted by Gasteiger charge is -2.17. The normalized spacial score (nSPS) is 12.9. The molecule has 0 atom stereocenters. The van der Waals surface area contributed by atoms with Gasteiger partial charge in [0.25, 0.3) is 0 Å². The first-order valence-electron chi connectivity index (χ1n) is 8.10. The zero-order valence-corrected chi connectivity index (χ0v) is 13.6. The molecule has 0 fully saturated rings. The molecule has 0 radical (unpaired) electrons. The van der Waals surface area contributed by atoms with E-state index in [1.165, 1.54) is 18.5 Å². The maximum Gasteiger partial charge on any atom is 0.337 e. The number of aromatic nitrogens is 1. The highest BCUT2D eigenvalue weighted by Gasteiger charge is 2.15. The summed E-state index contributed by atoms with van der Waals surface area (Å²) in [6, 6.07) is 7.11. The molecule has 0 aliphatic carbocycles. The van der Waals surface area contributed by atoms with Crippen molar-refractivity contribution in [3.05, 3.63) is 47.8 Å². The number of aromatic carboxylic acids is 1. The summed E-state index contributed by atoms with van der Waals surface area (Å²) in [5.74, 6) is -0.173. The van der Waals surface area contributed by atoms with Gasteiger partial charge < -0.3 is 20.5 Å². The van der Waals surface area contributed by atoms with E-state index in [1.807, 2.05) is 18.2 Å². The van der Waals surface area contributed by atoms with Gasteiger partial charge in [0.2, 0.25) is 5.91 Å². The number of nitrogens with one attached hydrogen (secondary N) is 2. The third-order valence-corrected chi connectivity index (χ3v) is 3.93. The molecule has 0 spiro atoms. The van der Waals surface area contributed by atoms with Crippen LogP contribution in [0.15, 0.2) is 36.7 Å². The largest absolute Gasteiger partial charge is 0.494 e. The van der Waals surface area contributed by atoms with Crippen molar-refractivity contribution in [3.63, 3.8) is 0 Å². The van der Waals surface area contributed by atoms with Crippen LogP contribution >= 0.6 is 0 Å². The number of pyridine rings is 1. The second-order valence-electron chi connectivity index (χ2n) is 5.72. The summed E-state index contributed by atoms with van der Waals surface area (Å²) >= 11 is 0. The Kier molecular flexibility index (Phi) is 5.13. The number of nitrogens with zero attached hydrogens (tertiary/aromatic N) is 1. The molecule has 1 aliphatic rings. The number of aryl methyl sites for hydroxylation is 1. The molecule has 130 valence electrons. The Morgan fingerprint density at radius 3 is 3.04 bits per heavy atom. The summed E-state index contributed by atoms with van der Waals surface area (Å²) in [6.07, 6.45) is 4.89. The minimum absolute atomic E-state index is 0.0448. The third-order valence-electron chi connectivity index (χ3n) is 3.93. The SMILES string of the molecule is O=C1CCc2cc(OCCCNc3cnccc3C(=O)O)ccc2N1. The van der Waals surface area contributed by atoms with Crippen LogP contribution in [-0.4, -0.2) is 35.1 Å². The summed E-state index contributed by atoms with van der Waals surface area (Å²) in [7, 11) is 0. The van der Waals surface area contributed by atoms with Gasteiger partial charge in [-0.05, 0) is 42.7 Å². The van der Waals surface area contributed by atoms with Gasteiger partial charge in [0, 0.05) is 24.8 Å². The molecule has 0 unspecified atom stereocenters. The van der Waals surface area contributed by atoms with Crippen LogP contribution < -0.4 is 15.4 Å². The molecule has 7 heteroatoms. The lowest BCUT2D eigenvalue weighted by Crippen LogP contribution is -2.18. The van der Waals surface area contributed by atoms with Crippen molar-refractivity contribution in [1.29, 1.82) is 0 Å². The van der Waals surface area contributed by atoms with Gasteiger partial charge >= 0.3 is 5.97 Å². The standard InChI is InChI=1S/C18H19N3O4/c22-17-5-2-12-10-13(3-4-15(12)21-17)25-9-1-7-20-16-11-19-8-6-14(16)18(23)24/h3-4,6,8,10-11,20H,1-2,5,7,9H2,(H,21,22)(H,23,24). The molecule has 0 saturated heterocycles. The zero-order chi connectivity index (χ0) is 17.6. The average molecular weight is 341 g/mol. The zero-order valence-electron chi connectivity index (χ0n) is 13.6. The van der Waals surface area contributed by atoms with E-state index in [0.29, 0.717) is 31.7 Å². The van der Waals surface area contributed by atoms with Gasteiger partial charge in [-0.2, -0.15) is 0 Å². The number of carbonyl (C=O) groups is 2. The van der Waals surface area contributed by atoms with Crippen LogP contribution in [0.25, 0.3) is 0 Å². The third kappa shape index (κ3) is 4.26. The first-order chi connectivity index (χ1) is 12.1. The fourth-order valence-electron chi connectivity index (χ4n) is 2.66. The molecule has 2 aromatic rings. The fourth-order valence-corrected chi connectivity index (χ4v) is 2.66. The van der Waals surface area contributed by atoms with Crippen molar-refractivity contribution < 1.29 is 19.4 Å². The Balaban J connectivity index is 1.46. The minimum atomic E-state index is -0.984. The van der Waals surface area contributed by atoms with Crippen LogP contribution in [0.3, 0.4) is 0 Å². The van der Waals surface area contributed by atoms with Crippen LogP contribution in [0.4, 0.5) is 11.4 Å². The number of carboxylic acid groups (broad SMARTS) is 1. The maximum absolute atomic E-state index is 11.3. The van der Waals surface area contributed by atoms with Gasteiger partial charge in [-0.3, -0.25) is 9.78 Å². The van der Waals surface area contributed by atoms with E-state index in [2.05, 4.69) is 15.6 Å². The quantitative estimate of drug-likeness (QED) is 0.669. The van der Waals surface area contributed by atoms with Crippen LogP contribution in [0, 0.1) is 0 Å². The van der Waals surface area contributed by atoms with Gasteiger partial charge in [0.15, 0.2) is 0 Å². The number of benzene rings is 1. The molecule has 2 heterocycles. The van der Waals surface area contributed by atoms with Crippen LogP contribution in [-0.2, 0) is 11.2 Å². The van der Waals surface area contributed by atoms with Gasteiger partial charge in [0.05, 0.1) is 24.1 Å². The average Bonchev–Trinajstić information content (AvgIpc) is 2.61. The molecule has 7 nitrogen and oxygen atoms in total. The number of ether oxygens (including phenoxy) is 1. The summed E-state index contributed by atoms with van der Waals surface area (Å²) < 4.78 is 5.73. The van der Waals surface area contributed by atoms with Crippen LogP contribution in [0.1, 0.15) is 28.8 Å². The number of anilines is 2. The molecule has 3 N–H and O–H groups in total. The highest BCUT2D eigenvalue weighted by Crippen LogP contribution is 2.26. The number of hydrogen-bond acceptors (Lipinski definition) is 5. The molecule has 1 aliphatic heterocycles. The molecule has 3 rings (SSSR count). The fraction of sp³-hybridized carbons (Fsp3) is 0.278. The summed E-state index contributed by atoms with van der Waals surface area (Å²) in [5, 5.41) is 15.0. The Labute approximate surface area is 145 Å². The van der Waals surface area contributed by atoms with E-state index in [-0.39, 0.29) is 11.5 Å². The van der Waals surface area contributed by atoms with Gasteiger partial charge in [-0.15, -0.1) is 0 Å². The predicted molar refractivity (Wildman–Crippen MR) is 93.2 cm³/mol. The van der Waals surface area contributed by atoms with Crippen molar-refractivity contribution in [2.24, 2.45) is 0 Å². The number of carbonyl (C=O) groups excluding carboxylic acids is 1. The number of hydrogen-bond donors (Lipinski definition) is 3. The lowest BCUT2D eigenvalue weighted by molar-refractivity contribution is -0.116. The summed E-state index contributed by atoms with van der Waals surface area (Å²) in [4.78, 5) is 26.4. The van der Waals surface area contributed by atoms with Gasteiger partial charge in [-0.1, -0.05) is 0 Å². The van der Waals surface area contributed by atoms with E-state index < -0.39 is 5.97 Å². The highest BCUT2D eigenvalue weighted by molar-refractivity contribution is 5.94. The van der Waals surface area contributed by atoms with Gasteiger partial charge in [-0.25, -0.2) is 4.79 Å². The smallest absolute Gasteiger partial charge is 0.337 e. The van der Waals surface area contributed by atoms with E-state index in [1.54, 1.807) is 0 Å². The molecule has 1 amide bonds. The molecule has 25 heavy (non-hydrogen) atoms. The number of fused-ring (bicyclic) bond motifs is 1. The Hall–Kier alpha value is -3.09. The van der Waals surface area contributed by atoms with E-state index in [9.17, 15) is 9.59 Å². The Morgan fingerprint density at radius 2 is 2.20 bits per heavy atom. The topological polar surface area (TPSA) is 101 Å². The van der Waals surface area contributed by atoms with E-state index in [4.69, 9.17) is 9.84 Å². The number of carboxylic acids is 1. The van der Waals surface area contributed by atoms with Crippen LogP contribution in [0.5, 0.6) is 5.75 Å².